The molecule has 0 radical (unpaired) electrons. The second kappa shape index (κ2) is 16.8. The third-order valence-electron chi connectivity index (χ3n) is 3.38. The highest BCUT2D eigenvalue weighted by molar-refractivity contribution is 5.71. The molecule has 2 N–H and O–H groups in total. The minimum Gasteiger partial charge on any atom is -0.479 e. The number of carbonyl (C=O) groups is 1. The molecule has 23 heavy (non-hydrogen) atoms. The van der Waals surface area contributed by atoms with E-state index in [0.29, 0.717) is 6.42 Å². The molecule has 3 heteroatoms. The van der Waals surface area contributed by atoms with Crippen molar-refractivity contribution in [3.63, 3.8) is 0 Å². The summed E-state index contributed by atoms with van der Waals surface area (Å²) in [6.07, 6.45) is 24.4. The summed E-state index contributed by atoms with van der Waals surface area (Å²) in [5.41, 5.74) is 0. The lowest BCUT2D eigenvalue weighted by atomic mass is 10.1. The standard InChI is InChI=1S/C20H32O3/c1-2-3-4-5-6-7-8-9-10-11-12-13-14-15-16-17-18-19(21)20(22)23/h7-10,12-13,15-16,19,21H,2-6,11,14,17-18H2,1H3,(H,22,23)/t19-/m0/s1. The predicted molar refractivity (Wildman–Crippen MR) is 97.4 cm³/mol. The number of carboxylic acids is 1. The van der Waals surface area contributed by atoms with Gasteiger partial charge in [-0.15, -0.1) is 0 Å². The Bertz CT molecular complexity index is 392. The van der Waals surface area contributed by atoms with Gasteiger partial charge in [-0.2, -0.15) is 0 Å². The van der Waals surface area contributed by atoms with Gasteiger partial charge >= 0.3 is 5.97 Å². The molecule has 0 saturated carbocycles. The molecule has 0 bridgehead atoms. The monoisotopic (exact) mass is 320 g/mol. The largest absolute Gasteiger partial charge is 0.479 e. The molecule has 130 valence electrons. The van der Waals surface area contributed by atoms with E-state index >= 15 is 0 Å². The molecule has 0 heterocycles. The molecule has 0 aliphatic rings. The van der Waals surface area contributed by atoms with Gasteiger partial charge in [-0.3, -0.25) is 0 Å². The quantitative estimate of drug-likeness (QED) is 0.263. The second-order valence-electron chi connectivity index (χ2n) is 5.55. The molecular formula is C20H32O3. The van der Waals surface area contributed by atoms with Crippen LogP contribution in [0.4, 0.5) is 0 Å². The third-order valence-corrected chi connectivity index (χ3v) is 3.38. The van der Waals surface area contributed by atoms with Crippen LogP contribution in [0.25, 0.3) is 0 Å². The van der Waals surface area contributed by atoms with Gasteiger partial charge in [0.05, 0.1) is 0 Å². The van der Waals surface area contributed by atoms with Gasteiger partial charge in [0.15, 0.2) is 6.10 Å². The molecule has 0 aromatic rings. The number of aliphatic hydroxyl groups excluding tert-OH is 1. The Morgan fingerprint density at radius 3 is 2.22 bits per heavy atom. The average molecular weight is 320 g/mol. The molecule has 0 saturated heterocycles. The van der Waals surface area contributed by atoms with Crippen molar-refractivity contribution in [2.24, 2.45) is 0 Å². The number of unbranched alkanes of at least 4 members (excludes halogenated alkanes) is 4. The minimum absolute atomic E-state index is 0.267. The second-order valence-corrected chi connectivity index (χ2v) is 5.55. The summed E-state index contributed by atoms with van der Waals surface area (Å²) in [5.74, 6) is -1.15. The van der Waals surface area contributed by atoms with E-state index in [1.807, 2.05) is 12.2 Å². The summed E-state index contributed by atoms with van der Waals surface area (Å²) in [4.78, 5) is 10.4. The minimum atomic E-state index is -1.25. The molecule has 1 atom stereocenters. The topological polar surface area (TPSA) is 57.5 Å². The molecular weight excluding hydrogens is 288 g/mol. The Kier molecular flexibility index (Phi) is 15.6. The Balaban J connectivity index is 3.51. The van der Waals surface area contributed by atoms with Gasteiger partial charge in [0.1, 0.15) is 0 Å². The molecule has 0 amide bonds. The van der Waals surface area contributed by atoms with E-state index in [1.165, 1.54) is 32.1 Å². The summed E-state index contributed by atoms with van der Waals surface area (Å²) < 4.78 is 0. The number of aliphatic carboxylic acids is 1. The number of hydrogen-bond acceptors (Lipinski definition) is 2. The van der Waals surface area contributed by atoms with Crippen LogP contribution in [0.5, 0.6) is 0 Å². The van der Waals surface area contributed by atoms with Crippen molar-refractivity contribution in [1.29, 1.82) is 0 Å². The van der Waals surface area contributed by atoms with Crippen LogP contribution in [0.1, 0.15) is 64.7 Å². The van der Waals surface area contributed by atoms with Crippen molar-refractivity contribution in [2.75, 3.05) is 0 Å². The van der Waals surface area contributed by atoms with Crippen molar-refractivity contribution in [1.82, 2.24) is 0 Å². The normalized spacial score (nSPS) is 13.8. The van der Waals surface area contributed by atoms with E-state index in [4.69, 9.17) is 10.2 Å². The number of allylic oxidation sites excluding steroid dienone is 8. The van der Waals surface area contributed by atoms with Crippen LogP contribution < -0.4 is 0 Å². The zero-order chi connectivity index (χ0) is 17.2. The predicted octanol–water partition coefficient (Wildman–Crippen LogP) is 5.19. The van der Waals surface area contributed by atoms with Gasteiger partial charge in [-0.1, -0.05) is 74.8 Å². The molecule has 3 nitrogen and oxygen atoms in total. The number of aliphatic hydroxyl groups is 1. The van der Waals surface area contributed by atoms with E-state index in [1.54, 1.807) is 0 Å². The van der Waals surface area contributed by atoms with Crippen molar-refractivity contribution in [2.45, 2.75) is 70.8 Å². The lowest BCUT2D eigenvalue weighted by Crippen LogP contribution is -2.18. The fourth-order valence-corrected chi connectivity index (χ4v) is 1.96. The summed E-state index contributed by atoms with van der Waals surface area (Å²) in [6, 6.07) is 0. The zero-order valence-corrected chi connectivity index (χ0v) is 14.4. The van der Waals surface area contributed by atoms with Crippen LogP contribution in [0, 0.1) is 0 Å². The van der Waals surface area contributed by atoms with Crippen LogP contribution >= 0.6 is 0 Å². The molecule has 0 aliphatic heterocycles. The smallest absolute Gasteiger partial charge is 0.332 e. The van der Waals surface area contributed by atoms with Crippen LogP contribution in [0.3, 0.4) is 0 Å². The van der Waals surface area contributed by atoms with Crippen LogP contribution in [0.15, 0.2) is 48.6 Å². The molecule has 0 aromatic heterocycles. The Morgan fingerprint density at radius 1 is 0.870 bits per heavy atom. The van der Waals surface area contributed by atoms with E-state index < -0.39 is 12.1 Å². The van der Waals surface area contributed by atoms with Gasteiger partial charge in [-0.25, -0.2) is 4.79 Å². The van der Waals surface area contributed by atoms with Crippen molar-refractivity contribution >= 4 is 5.97 Å². The number of carboxylic acid groups (broad SMARTS) is 1. The maximum atomic E-state index is 10.4. The van der Waals surface area contributed by atoms with E-state index in [9.17, 15) is 4.79 Å². The van der Waals surface area contributed by atoms with Gasteiger partial charge < -0.3 is 10.2 Å². The first-order valence-corrected chi connectivity index (χ1v) is 8.71. The van der Waals surface area contributed by atoms with E-state index in [2.05, 4.69) is 43.4 Å². The van der Waals surface area contributed by atoms with E-state index in [0.717, 1.165) is 12.8 Å². The van der Waals surface area contributed by atoms with Gasteiger partial charge in [-0.05, 0) is 38.5 Å². The van der Waals surface area contributed by atoms with Gasteiger partial charge in [0.25, 0.3) is 0 Å². The maximum absolute atomic E-state index is 10.4. The first kappa shape index (κ1) is 21.4. The van der Waals surface area contributed by atoms with Crippen LogP contribution in [-0.2, 0) is 4.79 Å². The van der Waals surface area contributed by atoms with Crippen molar-refractivity contribution in [3.8, 4) is 0 Å². The molecule has 0 spiro atoms. The van der Waals surface area contributed by atoms with Crippen molar-refractivity contribution < 1.29 is 15.0 Å². The highest BCUT2D eigenvalue weighted by Gasteiger charge is 2.10. The first-order valence-electron chi connectivity index (χ1n) is 8.71. The molecule has 0 aromatic carbocycles. The van der Waals surface area contributed by atoms with Gasteiger partial charge in [0.2, 0.25) is 0 Å². The van der Waals surface area contributed by atoms with Gasteiger partial charge in [0, 0.05) is 0 Å². The lowest BCUT2D eigenvalue weighted by Gasteiger charge is -2.00. The SMILES string of the molecule is CCCCCCC=CC=CCC=CCC=CCC[C@H](O)C(=O)O. The fraction of sp³-hybridized carbons (Fsp3) is 0.550. The summed E-state index contributed by atoms with van der Waals surface area (Å²) >= 11 is 0. The Morgan fingerprint density at radius 2 is 1.52 bits per heavy atom. The lowest BCUT2D eigenvalue weighted by molar-refractivity contribution is -0.146. The third kappa shape index (κ3) is 16.6. The number of rotatable bonds is 14. The van der Waals surface area contributed by atoms with Crippen molar-refractivity contribution in [3.05, 3.63) is 48.6 Å². The zero-order valence-electron chi connectivity index (χ0n) is 14.4. The highest BCUT2D eigenvalue weighted by Crippen LogP contribution is 2.03. The van der Waals surface area contributed by atoms with Crippen LogP contribution in [-0.4, -0.2) is 22.3 Å². The summed E-state index contributed by atoms with van der Waals surface area (Å²) in [6.45, 7) is 2.23. The summed E-state index contributed by atoms with van der Waals surface area (Å²) in [5, 5.41) is 17.6. The van der Waals surface area contributed by atoms with E-state index in [-0.39, 0.29) is 6.42 Å². The highest BCUT2D eigenvalue weighted by atomic mass is 16.4. The molecule has 0 aliphatic carbocycles. The number of hydrogen-bond donors (Lipinski definition) is 2. The fourth-order valence-electron chi connectivity index (χ4n) is 1.96. The summed E-state index contributed by atoms with van der Waals surface area (Å²) in [7, 11) is 0. The molecule has 0 unspecified atom stereocenters. The van der Waals surface area contributed by atoms with Crippen LogP contribution in [0.2, 0.25) is 0 Å². The Labute approximate surface area is 141 Å². The maximum Gasteiger partial charge on any atom is 0.332 e. The average Bonchev–Trinajstić information content (AvgIpc) is 2.54. The first-order chi connectivity index (χ1) is 11.2. The Hall–Kier alpha value is -1.61. The molecule has 0 fully saturated rings. The molecule has 0 rings (SSSR count).